The second kappa shape index (κ2) is 7.02. The molecular formula is C21H16Cl2N2O. The highest BCUT2D eigenvalue weighted by Gasteiger charge is 2.33. The maximum absolute atomic E-state index is 13.2. The van der Waals surface area contributed by atoms with Gasteiger partial charge in [0.25, 0.3) is 5.91 Å². The first-order chi connectivity index (χ1) is 12.6. The Labute approximate surface area is 162 Å². The maximum Gasteiger partial charge on any atom is 0.258 e. The lowest BCUT2D eigenvalue weighted by Gasteiger charge is -2.38. The van der Waals surface area contributed by atoms with Gasteiger partial charge in [0.15, 0.2) is 0 Å². The number of nitrogens with one attached hydrogen (secondary N) is 1. The molecule has 26 heavy (non-hydrogen) atoms. The van der Waals surface area contributed by atoms with Crippen LogP contribution in [0.3, 0.4) is 0 Å². The summed E-state index contributed by atoms with van der Waals surface area (Å²) in [6.07, 6.45) is -0.373. The zero-order chi connectivity index (χ0) is 18.1. The monoisotopic (exact) mass is 382 g/mol. The Balaban J connectivity index is 1.79. The fraction of sp³-hybridized carbons (Fsp3) is 0.0952. The first kappa shape index (κ1) is 17.0. The quantitative estimate of drug-likeness (QED) is 0.624. The molecule has 0 unspecified atom stereocenters. The molecule has 0 aromatic heterocycles. The summed E-state index contributed by atoms with van der Waals surface area (Å²) in [5, 5.41) is 4.55. The lowest BCUT2D eigenvalue weighted by atomic mass is 10.0. The molecule has 3 nitrogen and oxygen atoms in total. The van der Waals surface area contributed by atoms with E-state index in [2.05, 4.69) is 5.32 Å². The van der Waals surface area contributed by atoms with Gasteiger partial charge < -0.3 is 10.2 Å². The smallest absolute Gasteiger partial charge is 0.258 e. The molecule has 0 spiro atoms. The number of amides is 1. The van der Waals surface area contributed by atoms with Gasteiger partial charge in [0, 0.05) is 27.8 Å². The summed E-state index contributed by atoms with van der Waals surface area (Å²) in [7, 11) is 0. The van der Waals surface area contributed by atoms with Crippen LogP contribution in [0.5, 0.6) is 0 Å². The van der Waals surface area contributed by atoms with Crippen LogP contribution in [0.4, 0.5) is 5.69 Å². The highest BCUT2D eigenvalue weighted by Crippen LogP contribution is 2.37. The van der Waals surface area contributed by atoms with Gasteiger partial charge in [-0.05, 0) is 29.8 Å². The van der Waals surface area contributed by atoms with Gasteiger partial charge in [0.2, 0.25) is 0 Å². The van der Waals surface area contributed by atoms with Gasteiger partial charge in [-0.2, -0.15) is 0 Å². The van der Waals surface area contributed by atoms with Crippen molar-refractivity contribution in [1.82, 2.24) is 4.90 Å². The minimum atomic E-state index is -0.373. The standard InChI is InChI=1S/C21H16Cl2N2O/c22-15-10-11-16(18(23)12-15)20-24-19-9-5-4-8-17(19)21(26)25(20)13-14-6-2-1-3-7-14/h1-12,20,24H,13H2/t20-/m0/s1. The number of rotatable bonds is 3. The number of carbonyl (C=O) groups is 1. The molecule has 5 heteroatoms. The Morgan fingerprint density at radius 1 is 0.923 bits per heavy atom. The first-order valence-electron chi connectivity index (χ1n) is 8.29. The molecule has 0 aliphatic carbocycles. The Morgan fingerprint density at radius 2 is 1.65 bits per heavy atom. The van der Waals surface area contributed by atoms with Gasteiger partial charge in [0.1, 0.15) is 6.17 Å². The molecule has 1 aliphatic rings. The molecule has 3 aromatic rings. The maximum atomic E-state index is 13.2. The Hall–Kier alpha value is -2.49. The van der Waals surface area contributed by atoms with Crippen LogP contribution in [-0.2, 0) is 6.54 Å². The molecule has 0 bridgehead atoms. The van der Waals surface area contributed by atoms with Gasteiger partial charge in [-0.1, -0.05) is 71.7 Å². The van der Waals surface area contributed by atoms with E-state index in [1.54, 1.807) is 17.0 Å². The number of halogens is 2. The zero-order valence-electron chi connectivity index (χ0n) is 13.8. The number of benzene rings is 3. The summed E-state index contributed by atoms with van der Waals surface area (Å²) in [6.45, 7) is 0.477. The van der Waals surface area contributed by atoms with Crippen molar-refractivity contribution in [1.29, 1.82) is 0 Å². The van der Waals surface area contributed by atoms with E-state index < -0.39 is 0 Å². The number of para-hydroxylation sites is 1. The number of fused-ring (bicyclic) bond motifs is 1. The molecule has 3 aromatic carbocycles. The van der Waals surface area contributed by atoms with E-state index in [1.807, 2.05) is 60.7 Å². The van der Waals surface area contributed by atoms with Crippen LogP contribution in [0.25, 0.3) is 0 Å². The highest BCUT2D eigenvalue weighted by atomic mass is 35.5. The minimum Gasteiger partial charge on any atom is -0.361 e. The largest absolute Gasteiger partial charge is 0.361 e. The number of nitrogens with zero attached hydrogens (tertiary/aromatic N) is 1. The Morgan fingerprint density at radius 3 is 2.42 bits per heavy atom. The van der Waals surface area contributed by atoms with E-state index in [4.69, 9.17) is 23.2 Å². The third kappa shape index (κ3) is 3.16. The summed E-state index contributed by atoms with van der Waals surface area (Å²) in [4.78, 5) is 15.0. The van der Waals surface area contributed by atoms with Gasteiger partial charge in [0.05, 0.1) is 5.56 Å². The van der Waals surface area contributed by atoms with Gasteiger partial charge >= 0.3 is 0 Å². The van der Waals surface area contributed by atoms with Gasteiger partial charge in [-0.15, -0.1) is 0 Å². The van der Waals surface area contributed by atoms with E-state index in [0.717, 1.165) is 16.8 Å². The topological polar surface area (TPSA) is 32.3 Å². The number of carbonyl (C=O) groups excluding carboxylic acids is 1. The Bertz CT molecular complexity index is 959. The average Bonchev–Trinajstić information content (AvgIpc) is 2.65. The molecule has 1 heterocycles. The summed E-state index contributed by atoms with van der Waals surface area (Å²) < 4.78 is 0. The van der Waals surface area contributed by atoms with E-state index in [1.165, 1.54) is 0 Å². The Kier molecular flexibility index (Phi) is 4.58. The molecule has 1 N–H and O–H groups in total. The van der Waals surface area contributed by atoms with Crippen LogP contribution in [0, 0.1) is 0 Å². The van der Waals surface area contributed by atoms with Crippen molar-refractivity contribution >= 4 is 34.8 Å². The highest BCUT2D eigenvalue weighted by molar-refractivity contribution is 6.35. The van der Waals surface area contributed by atoms with Crippen LogP contribution in [0.2, 0.25) is 10.0 Å². The fourth-order valence-electron chi connectivity index (χ4n) is 3.20. The molecule has 0 saturated carbocycles. The molecular weight excluding hydrogens is 367 g/mol. The van der Waals surface area contributed by atoms with Crippen molar-refractivity contribution in [3.63, 3.8) is 0 Å². The van der Waals surface area contributed by atoms with E-state index in [-0.39, 0.29) is 12.1 Å². The van der Waals surface area contributed by atoms with Crippen molar-refractivity contribution in [2.75, 3.05) is 5.32 Å². The van der Waals surface area contributed by atoms with Crippen molar-refractivity contribution in [3.05, 3.63) is 99.5 Å². The predicted octanol–water partition coefficient (Wildman–Crippen LogP) is 5.76. The van der Waals surface area contributed by atoms with Crippen LogP contribution >= 0.6 is 23.2 Å². The number of hydrogen-bond donors (Lipinski definition) is 1. The summed E-state index contributed by atoms with van der Waals surface area (Å²) in [6, 6.07) is 22.8. The van der Waals surface area contributed by atoms with Crippen molar-refractivity contribution in [2.24, 2.45) is 0 Å². The molecule has 0 fully saturated rings. The lowest BCUT2D eigenvalue weighted by molar-refractivity contribution is 0.0666. The van der Waals surface area contributed by atoms with Crippen LogP contribution < -0.4 is 5.32 Å². The molecule has 0 radical (unpaired) electrons. The van der Waals surface area contributed by atoms with Gasteiger partial charge in [-0.25, -0.2) is 0 Å². The third-order valence-electron chi connectivity index (χ3n) is 4.48. The molecule has 130 valence electrons. The van der Waals surface area contributed by atoms with Crippen LogP contribution in [-0.4, -0.2) is 10.8 Å². The van der Waals surface area contributed by atoms with Crippen LogP contribution in [0.1, 0.15) is 27.7 Å². The van der Waals surface area contributed by atoms with E-state index in [0.29, 0.717) is 22.2 Å². The fourth-order valence-corrected chi connectivity index (χ4v) is 3.72. The average molecular weight is 383 g/mol. The second-order valence-electron chi connectivity index (χ2n) is 6.18. The zero-order valence-corrected chi connectivity index (χ0v) is 15.3. The molecule has 0 saturated heterocycles. The summed E-state index contributed by atoms with van der Waals surface area (Å²) in [5.74, 6) is -0.0285. The van der Waals surface area contributed by atoms with E-state index in [9.17, 15) is 4.79 Å². The molecule has 4 rings (SSSR count). The van der Waals surface area contributed by atoms with Crippen molar-refractivity contribution in [3.8, 4) is 0 Å². The number of hydrogen-bond acceptors (Lipinski definition) is 2. The van der Waals surface area contributed by atoms with Crippen molar-refractivity contribution in [2.45, 2.75) is 12.7 Å². The molecule has 1 atom stereocenters. The lowest BCUT2D eigenvalue weighted by Crippen LogP contribution is -2.42. The minimum absolute atomic E-state index is 0.0285. The second-order valence-corrected chi connectivity index (χ2v) is 7.02. The van der Waals surface area contributed by atoms with Gasteiger partial charge in [-0.3, -0.25) is 4.79 Å². The normalized spacial score (nSPS) is 16.2. The number of anilines is 1. The SMILES string of the molecule is O=C1c2ccccc2N[C@H](c2ccc(Cl)cc2Cl)N1Cc1ccccc1. The first-order valence-corrected chi connectivity index (χ1v) is 9.04. The third-order valence-corrected chi connectivity index (χ3v) is 5.04. The van der Waals surface area contributed by atoms with Crippen molar-refractivity contribution < 1.29 is 4.79 Å². The molecule has 1 amide bonds. The predicted molar refractivity (Wildman–Crippen MR) is 106 cm³/mol. The summed E-state index contributed by atoms with van der Waals surface area (Å²) >= 11 is 12.5. The van der Waals surface area contributed by atoms with E-state index >= 15 is 0 Å². The molecule has 1 aliphatic heterocycles. The van der Waals surface area contributed by atoms with Crippen LogP contribution in [0.15, 0.2) is 72.8 Å². The summed E-state index contributed by atoms with van der Waals surface area (Å²) in [5.41, 5.74) is 3.33.